The van der Waals surface area contributed by atoms with Crippen molar-refractivity contribution in [3.8, 4) is 5.75 Å². The summed E-state index contributed by atoms with van der Waals surface area (Å²) in [6.07, 6.45) is 4.58. The summed E-state index contributed by atoms with van der Waals surface area (Å²) < 4.78 is 36.7. The van der Waals surface area contributed by atoms with E-state index >= 15 is 4.39 Å². The second-order valence-corrected chi connectivity index (χ2v) is 8.01. The average molecular weight is 433 g/mol. The number of nitrogens with zero attached hydrogens (tertiary/aromatic N) is 2. The summed E-state index contributed by atoms with van der Waals surface area (Å²) in [5.41, 5.74) is 5.54. The lowest BCUT2D eigenvalue weighted by atomic mass is 10.1. The minimum Gasteiger partial charge on any atom is -0.492 e. The molecule has 1 aromatic heterocycles. The molecule has 0 radical (unpaired) electrons. The molecule has 0 unspecified atom stereocenters. The SMILES string of the molecule is COc1c(N2CCC/C(=C(/F)CN)CC2)c(F)cc2c(=O)c(C(=O)O)cn(C3CC3)c12. The number of benzene rings is 1. The first-order valence-corrected chi connectivity index (χ1v) is 10.4. The Labute approximate surface area is 177 Å². The molecule has 0 amide bonds. The largest absolute Gasteiger partial charge is 0.492 e. The smallest absolute Gasteiger partial charge is 0.341 e. The van der Waals surface area contributed by atoms with E-state index in [4.69, 9.17) is 10.5 Å². The Morgan fingerprint density at radius 1 is 1.32 bits per heavy atom. The quantitative estimate of drug-likeness (QED) is 0.751. The molecule has 166 valence electrons. The summed E-state index contributed by atoms with van der Waals surface area (Å²) in [6, 6.07) is 1.13. The lowest BCUT2D eigenvalue weighted by Crippen LogP contribution is -2.27. The van der Waals surface area contributed by atoms with Gasteiger partial charge in [-0.15, -0.1) is 0 Å². The van der Waals surface area contributed by atoms with Gasteiger partial charge >= 0.3 is 5.97 Å². The summed E-state index contributed by atoms with van der Waals surface area (Å²) in [5, 5.41) is 9.42. The van der Waals surface area contributed by atoms with Gasteiger partial charge in [-0.3, -0.25) is 4.79 Å². The summed E-state index contributed by atoms with van der Waals surface area (Å²) in [4.78, 5) is 26.2. The Morgan fingerprint density at radius 3 is 2.68 bits per heavy atom. The standard InChI is InChI=1S/C22H25F2N3O4/c1-31-21-18-14(20(28)15(22(29)30)11-27(18)13-4-5-13)9-16(23)19(21)26-7-2-3-12(6-8-26)17(24)10-25/h9,11,13H,2-8,10,25H2,1H3,(H,29,30)/b17-12-. The van der Waals surface area contributed by atoms with Gasteiger partial charge in [-0.2, -0.15) is 0 Å². The molecule has 1 saturated heterocycles. The van der Waals surface area contributed by atoms with E-state index < -0.39 is 22.8 Å². The molecule has 2 aliphatic rings. The summed E-state index contributed by atoms with van der Waals surface area (Å²) in [5.74, 6) is -2.14. The monoisotopic (exact) mass is 433 g/mol. The molecule has 7 nitrogen and oxygen atoms in total. The first kappa shape index (κ1) is 21.3. The Hall–Kier alpha value is -2.94. The van der Waals surface area contributed by atoms with E-state index in [0.717, 1.165) is 18.9 Å². The summed E-state index contributed by atoms with van der Waals surface area (Å²) >= 11 is 0. The van der Waals surface area contributed by atoms with Crippen LogP contribution in [0.2, 0.25) is 0 Å². The van der Waals surface area contributed by atoms with Crippen molar-refractivity contribution < 1.29 is 23.4 Å². The predicted molar refractivity (Wildman–Crippen MR) is 113 cm³/mol. The molecule has 4 rings (SSSR count). The number of carbonyl (C=O) groups is 1. The lowest BCUT2D eigenvalue weighted by Gasteiger charge is -2.27. The van der Waals surface area contributed by atoms with Gasteiger partial charge in [0.2, 0.25) is 5.43 Å². The third-order valence-electron chi connectivity index (χ3n) is 6.04. The fraction of sp³-hybridized carbons (Fsp3) is 0.455. The molecule has 0 spiro atoms. The van der Waals surface area contributed by atoms with Crippen molar-refractivity contribution in [1.29, 1.82) is 0 Å². The molecular formula is C22H25F2N3O4. The Bertz CT molecular complexity index is 1140. The normalized spacial score (nSPS) is 18.8. The van der Waals surface area contributed by atoms with Gasteiger partial charge in [-0.25, -0.2) is 13.6 Å². The van der Waals surface area contributed by atoms with Crippen LogP contribution in [0.3, 0.4) is 0 Å². The van der Waals surface area contributed by atoms with E-state index in [1.807, 2.05) is 0 Å². The van der Waals surface area contributed by atoms with E-state index in [1.165, 1.54) is 13.3 Å². The van der Waals surface area contributed by atoms with Crippen molar-refractivity contribution in [2.75, 3.05) is 31.6 Å². The van der Waals surface area contributed by atoms with Gasteiger partial charge < -0.3 is 25.0 Å². The maximum Gasteiger partial charge on any atom is 0.341 e. The molecule has 2 heterocycles. The minimum absolute atomic E-state index is 0.0190. The van der Waals surface area contributed by atoms with Gasteiger partial charge in [-0.1, -0.05) is 0 Å². The molecule has 1 aliphatic heterocycles. The average Bonchev–Trinajstić information content (AvgIpc) is 3.60. The van der Waals surface area contributed by atoms with Crippen LogP contribution in [0, 0.1) is 5.82 Å². The highest BCUT2D eigenvalue weighted by atomic mass is 19.1. The molecule has 0 bridgehead atoms. The van der Waals surface area contributed by atoms with E-state index in [2.05, 4.69) is 0 Å². The molecule has 9 heteroatoms. The number of aromatic carboxylic acids is 1. The molecule has 0 atom stereocenters. The van der Waals surface area contributed by atoms with Crippen LogP contribution in [0.5, 0.6) is 5.75 Å². The maximum atomic E-state index is 15.3. The Morgan fingerprint density at radius 2 is 2.06 bits per heavy atom. The van der Waals surface area contributed by atoms with Gasteiger partial charge in [0.05, 0.1) is 18.0 Å². The van der Waals surface area contributed by atoms with Gasteiger partial charge in [0.1, 0.15) is 17.1 Å². The molecule has 31 heavy (non-hydrogen) atoms. The second-order valence-electron chi connectivity index (χ2n) is 8.01. The van der Waals surface area contributed by atoms with Crippen LogP contribution in [-0.2, 0) is 0 Å². The number of pyridine rings is 1. The molecule has 2 fully saturated rings. The van der Waals surface area contributed by atoms with Crippen LogP contribution in [0.15, 0.2) is 28.5 Å². The number of carboxylic acid groups (broad SMARTS) is 1. The van der Waals surface area contributed by atoms with Crippen LogP contribution >= 0.6 is 0 Å². The predicted octanol–water partition coefficient (Wildman–Crippen LogP) is 3.35. The van der Waals surface area contributed by atoms with Crippen LogP contribution in [0.1, 0.15) is 48.5 Å². The number of ether oxygens (including phenoxy) is 1. The number of carboxylic acids is 1. The highest BCUT2D eigenvalue weighted by Gasteiger charge is 2.31. The van der Waals surface area contributed by atoms with Crippen molar-refractivity contribution in [1.82, 2.24) is 4.57 Å². The molecule has 1 aliphatic carbocycles. The van der Waals surface area contributed by atoms with Gasteiger partial charge in [0.25, 0.3) is 0 Å². The highest BCUT2D eigenvalue weighted by molar-refractivity contribution is 5.97. The van der Waals surface area contributed by atoms with Crippen LogP contribution < -0.4 is 20.8 Å². The molecule has 1 aromatic carbocycles. The first-order chi connectivity index (χ1) is 14.9. The maximum absolute atomic E-state index is 15.3. The molecule has 2 aromatic rings. The second kappa shape index (κ2) is 8.30. The number of halogens is 2. The van der Waals surface area contributed by atoms with Crippen molar-refractivity contribution in [3.63, 3.8) is 0 Å². The van der Waals surface area contributed by atoms with Gasteiger partial charge in [0, 0.05) is 31.9 Å². The number of hydrogen-bond acceptors (Lipinski definition) is 5. The van der Waals surface area contributed by atoms with E-state index in [-0.39, 0.29) is 35.2 Å². The fourth-order valence-corrected chi connectivity index (χ4v) is 4.35. The topological polar surface area (TPSA) is 97.8 Å². The number of anilines is 1. The zero-order valence-corrected chi connectivity index (χ0v) is 17.3. The number of rotatable bonds is 5. The number of hydrogen-bond donors (Lipinski definition) is 2. The van der Waals surface area contributed by atoms with Crippen molar-refractivity contribution in [2.45, 2.75) is 38.1 Å². The fourth-order valence-electron chi connectivity index (χ4n) is 4.35. The number of methoxy groups -OCH3 is 1. The summed E-state index contributed by atoms with van der Waals surface area (Å²) in [6.45, 7) is 0.714. The van der Waals surface area contributed by atoms with Gasteiger partial charge in [-0.05, 0) is 43.7 Å². The van der Waals surface area contributed by atoms with Gasteiger partial charge in [0.15, 0.2) is 11.6 Å². The zero-order valence-electron chi connectivity index (χ0n) is 17.3. The van der Waals surface area contributed by atoms with Crippen molar-refractivity contribution in [2.24, 2.45) is 5.73 Å². The Balaban J connectivity index is 1.90. The third-order valence-corrected chi connectivity index (χ3v) is 6.04. The van der Waals surface area contributed by atoms with Crippen LogP contribution in [0.25, 0.3) is 10.9 Å². The third kappa shape index (κ3) is 3.78. The number of aromatic nitrogens is 1. The Kier molecular flexibility index (Phi) is 5.70. The van der Waals surface area contributed by atoms with Crippen molar-refractivity contribution >= 4 is 22.6 Å². The molecular weight excluding hydrogens is 408 g/mol. The first-order valence-electron chi connectivity index (χ1n) is 10.4. The van der Waals surface area contributed by atoms with Crippen molar-refractivity contribution in [3.05, 3.63) is 45.3 Å². The lowest BCUT2D eigenvalue weighted by molar-refractivity contribution is 0.0695. The number of fused-ring (bicyclic) bond motifs is 1. The van der Waals surface area contributed by atoms with Crippen LogP contribution in [-0.4, -0.2) is 42.4 Å². The van der Waals surface area contributed by atoms with E-state index in [1.54, 1.807) is 9.47 Å². The molecule has 1 saturated carbocycles. The number of nitrogens with two attached hydrogens (primary N) is 1. The van der Waals surface area contributed by atoms with E-state index in [0.29, 0.717) is 43.4 Å². The summed E-state index contributed by atoms with van der Waals surface area (Å²) in [7, 11) is 1.40. The van der Waals surface area contributed by atoms with Crippen LogP contribution in [0.4, 0.5) is 14.5 Å². The highest BCUT2D eigenvalue weighted by Crippen LogP contribution is 2.44. The van der Waals surface area contributed by atoms with E-state index in [9.17, 15) is 19.1 Å². The molecule has 3 N–H and O–H groups in total. The minimum atomic E-state index is -1.35. The zero-order chi connectivity index (χ0) is 22.3.